The number of thiazole rings is 1. The van der Waals surface area contributed by atoms with Crippen LogP contribution in [-0.4, -0.2) is 14.6 Å². The number of halogens is 1. The molecule has 0 N–H and O–H groups in total. The molecular formula is C17H10ClN3O2S2. The van der Waals surface area contributed by atoms with Gasteiger partial charge >= 0.3 is 0 Å². The van der Waals surface area contributed by atoms with Gasteiger partial charge in [-0.2, -0.15) is 14.6 Å². The Morgan fingerprint density at radius 1 is 1.16 bits per heavy atom. The number of fused-ring (bicyclic) bond motifs is 1. The molecule has 5 nitrogen and oxygen atoms in total. The molecule has 8 heteroatoms. The molecule has 0 unspecified atom stereocenters. The molecule has 0 bridgehead atoms. The fourth-order valence-corrected chi connectivity index (χ4v) is 4.21. The lowest BCUT2D eigenvalue weighted by Gasteiger charge is -2.02. The number of benzene rings is 1. The Labute approximate surface area is 154 Å². The molecule has 0 saturated heterocycles. The topological polar surface area (TPSA) is 64.3 Å². The zero-order valence-electron chi connectivity index (χ0n) is 12.7. The molecule has 0 aliphatic heterocycles. The number of thiophene rings is 1. The van der Waals surface area contributed by atoms with Crippen molar-refractivity contribution in [2.24, 2.45) is 0 Å². The van der Waals surface area contributed by atoms with Crippen molar-refractivity contribution in [1.29, 1.82) is 0 Å². The summed E-state index contributed by atoms with van der Waals surface area (Å²) in [6.45, 7) is 0. The Morgan fingerprint density at radius 2 is 2.00 bits per heavy atom. The fraction of sp³-hybridized carbons (Fsp3) is 0.0588. The van der Waals surface area contributed by atoms with Crippen molar-refractivity contribution < 1.29 is 0 Å². The van der Waals surface area contributed by atoms with Crippen LogP contribution in [-0.2, 0) is 6.42 Å². The summed E-state index contributed by atoms with van der Waals surface area (Å²) in [5.74, 6) is 0. The first kappa shape index (κ1) is 16.1. The van der Waals surface area contributed by atoms with Crippen LogP contribution in [0.4, 0.5) is 0 Å². The van der Waals surface area contributed by atoms with Gasteiger partial charge in [-0.05, 0) is 29.2 Å². The molecule has 0 spiro atoms. The molecule has 4 rings (SSSR count). The zero-order valence-corrected chi connectivity index (χ0v) is 15.1. The van der Waals surface area contributed by atoms with Crippen molar-refractivity contribution in [2.75, 3.05) is 0 Å². The van der Waals surface area contributed by atoms with Gasteiger partial charge in [0.1, 0.15) is 5.69 Å². The van der Waals surface area contributed by atoms with Crippen LogP contribution in [0.5, 0.6) is 0 Å². The third-order valence-electron chi connectivity index (χ3n) is 3.58. The first-order chi connectivity index (χ1) is 12.1. The molecule has 0 atom stereocenters. The highest BCUT2D eigenvalue weighted by Gasteiger charge is 2.12. The lowest BCUT2D eigenvalue weighted by Crippen LogP contribution is -2.28. The summed E-state index contributed by atoms with van der Waals surface area (Å²) in [7, 11) is 0. The minimum absolute atomic E-state index is 0.197. The number of hydrogen-bond donors (Lipinski definition) is 0. The molecule has 0 radical (unpaired) electrons. The smallest absolute Gasteiger partial charge is 0.266 e. The van der Waals surface area contributed by atoms with Gasteiger partial charge in [0.05, 0.1) is 4.53 Å². The average Bonchev–Trinajstić information content (AvgIpc) is 3.20. The number of hydrogen-bond acceptors (Lipinski definition) is 6. The maximum atomic E-state index is 12.6. The second-order valence-electron chi connectivity index (χ2n) is 5.26. The molecule has 25 heavy (non-hydrogen) atoms. The van der Waals surface area contributed by atoms with Crippen molar-refractivity contribution in [2.45, 2.75) is 6.42 Å². The van der Waals surface area contributed by atoms with Crippen molar-refractivity contribution in [3.63, 3.8) is 0 Å². The van der Waals surface area contributed by atoms with E-state index in [1.54, 1.807) is 12.1 Å². The van der Waals surface area contributed by atoms with E-state index in [0.717, 1.165) is 21.8 Å². The third-order valence-corrected chi connectivity index (χ3v) is 5.73. The average molecular weight is 388 g/mol. The van der Waals surface area contributed by atoms with Gasteiger partial charge in [-0.15, -0.1) is 11.3 Å². The van der Waals surface area contributed by atoms with Gasteiger partial charge in [0, 0.05) is 16.3 Å². The molecule has 0 amide bonds. The van der Waals surface area contributed by atoms with Crippen LogP contribution in [0.3, 0.4) is 0 Å². The Morgan fingerprint density at radius 3 is 2.76 bits per heavy atom. The van der Waals surface area contributed by atoms with Gasteiger partial charge < -0.3 is 0 Å². The van der Waals surface area contributed by atoms with Crippen LogP contribution in [0.2, 0.25) is 5.02 Å². The molecule has 0 saturated carbocycles. The second-order valence-corrected chi connectivity index (χ2v) is 7.65. The first-order valence-electron chi connectivity index (χ1n) is 7.33. The molecule has 124 valence electrons. The minimum Gasteiger partial charge on any atom is -0.266 e. The summed E-state index contributed by atoms with van der Waals surface area (Å²) >= 11 is 8.83. The Bertz CT molecular complexity index is 1230. The lowest BCUT2D eigenvalue weighted by atomic mass is 10.1. The molecule has 0 aliphatic carbocycles. The van der Waals surface area contributed by atoms with Crippen molar-refractivity contribution in [3.8, 4) is 0 Å². The summed E-state index contributed by atoms with van der Waals surface area (Å²) in [6.07, 6.45) is 2.01. The van der Waals surface area contributed by atoms with Crippen molar-refractivity contribution >= 4 is 45.3 Å². The monoisotopic (exact) mass is 387 g/mol. The van der Waals surface area contributed by atoms with Crippen molar-refractivity contribution in [1.82, 2.24) is 14.6 Å². The van der Waals surface area contributed by atoms with Gasteiger partial charge in [-0.3, -0.25) is 9.59 Å². The van der Waals surface area contributed by atoms with Crippen LogP contribution < -0.4 is 15.7 Å². The van der Waals surface area contributed by atoms with Crippen LogP contribution in [0.25, 0.3) is 11.0 Å². The summed E-state index contributed by atoms with van der Waals surface area (Å²) in [5.41, 5.74) is 0.247. The van der Waals surface area contributed by atoms with Crippen LogP contribution in [0.15, 0.2) is 51.4 Å². The molecule has 1 aromatic carbocycles. The van der Waals surface area contributed by atoms with E-state index in [1.165, 1.54) is 15.9 Å². The molecular weight excluding hydrogens is 378 g/mol. The highest BCUT2D eigenvalue weighted by Crippen LogP contribution is 2.16. The highest BCUT2D eigenvalue weighted by molar-refractivity contribution is 7.15. The van der Waals surface area contributed by atoms with E-state index in [4.69, 9.17) is 11.6 Å². The largest absolute Gasteiger partial charge is 0.296 e. The summed E-state index contributed by atoms with van der Waals surface area (Å²) in [5, 5.41) is 6.71. The van der Waals surface area contributed by atoms with E-state index in [0.29, 0.717) is 14.5 Å². The molecule has 3 aromatic heterocycles. The normalized spacial score (nSPS) is 12.1. The van der Waals surface area contributed by atoms with Crippen molar-refractivity contribution in [3.05, 3.63) is 88.2 Å². The van der Waals surface area contributed by atoms with Crippen LogP contribution >= 0.6 is 34.3 Å². The van der Waals surface area contributed by atoms with E-state index >= 15 is 0 Å². The minimum atomic E-state index is -0.441. The van der Waals surface area contributed by atoms with Gasteiger partial charge in [-0.25, -0.2) is 0 Å². The molecule has 3 heterocycles. The first-order valence-corrected chi connectivity index (χ1v) is 9.40. The molecule has 0 aliphatic rings. The van der Waals surface area contributed by atoms with E-state index in [2.05, 4.69) is 10.1 Å². The molecule has 0 fully saturated rings. The zero-order chi connectivity index (χ0) is 17.4. The van der Waals surface area contributed by atoms with E-state index < -0.39 is 5.56 Å². The van der Waals surface area contributed by atoms with E-state index in [-0.39, 0.29) is 17.7 Å². The van der Waals surface area contributed by atoms with Gasteiger partial charge in [0.2, 0.25) is 4.96 Å². The number of nitrogens with zero attached hydrogens (tertiary/aromatic N) is 3. The number of rotatable bonds is 3. The summed E-state index contributed by atoms with van der Waals surface area (Å²) < 4.78 is 1.69. The second kappa shape index (κ2) is 6.51. The maximum absolute atomic E-state index is 12.6. The van der Waals surface area contributed by atoms with Crippen LogP contribution in [0, 0.1) is 0 Å². The Balaban J connectivity index is 1.85. The molecule has 4 aromatic rings. The van der Waals surface area contributed by atoms with E-state index in [1.807, 2.05) is 35.7 Å². The Hall–Kier alpha value is -2.35. The standard InChI is InChI=1S/C17H10ClN3O2S2/c18-12-6-2-1-4-10(12)8-13-15(22)19-17-21(20-13)16(23)14(25-17)9-11-5-3-7-24-11/h1-7,9H,8H2. The quantitative estimate of drug-likeness (QED) is 0.541. The number of aromatic nitrogens is 3. The maximum Gasteiger partial charge on any atom is 0.296 e. The van der Waals surface area contributed by atoms with Gasteiger partial charge in [0.15, 0.2) is 0 Å². The predicted octanol–water partition coefficient (Wildman–Crippen LogP) is 2.36. The fourth-order valence-electron chi connectivity index (χ4n) is 2.38. The van der Waals surface area contributed by atoms with Crippen LogP contribution in [0.1, 0.15) is 16.1 Å². The third kappa shape index (κ3) is 3.13. The summed E-state index contributed by atoms with van der Waals surface area (Å²) in [4.78, 5) is 30.1. The van der Waals surface area contributed by atoms with Gasteiger partial charge in [0.25, 0.3) is 11.1 Å². The Kier molecular flexibility index (Phi) is 4.20. The summed E-state index contributed by atoms with van der Waals surface area (Å²) in [6, 6.07) is 11.0. The lowest BCUT2D eigenvalue weighted by molar-refractivity contribution is 0.811. The SMILES string of the molecule is O=c1nc2sc(=Cc3cccs3)c(=O)n2nc1Cc1ccccc1Cl. The predicted molar refractivity (Wildman–Crippen MR) is 101 cm³/mol. The van der Waals surface area contributed by atoms with Gasteiger partial charge in [-0.1, -0.05) is 47.2 Å². The highest BCUT2D eigenvalue weighted by atomic mass is 35.5. The van der Waals surface area contributed by atoms with E-state index in [9.17, 15) is 9.59 Å².